The zero-order chi connectivity index (χ0) is 15.7. The van der Waals surface area contributed by atoms with Crippen molar-refractivity contribution in [3.05, 3.63) is 68.7 Å². The first-order chi connectivity index (χ1) is 10.6. The molecule has 0 amide bonds. The molecule has 0 radical (unpaired) electrons. The SMILES string of the molecule is COc1ccc2c(c1)CC/C(=C/c1ccc(Cl)c(Cl)c1)C2=O. The molecule has 2 aromatic rings. The highest BCUT2D eigenvalue weighted by molar-refractivity contribution is 6.42. The van der Waals surface area contributed by atoms with Gasteiger partial charge in [-0.1, -0.05) is 29.3 Å². The van der Waals surface area contributed by atoms with Gasteiger partial charge in [0, 0.05) is 11.1 Å². The van der Waals surface area contributed by atoms with Crippen LogP contribution in [0.1, 0.15) is 27.9 Å². The fourth-order valence-corrected chi connectivity index (χ4v) is 2.93. The maximum absolute atomic E-state index is 12.6. The summed E-state index contributed by atoms with van der Waals surface area (Å²) < 4.78 is 5.21. The maximum Gasteiger partial charge on any atom is 0.189 e. The molecule has 1 aliphatic rings. The summed E-state index contributed by atoms with van der Waals surface area (Å²) in [5.41, 5.74) is 3.46. The van der Waals surface area contributed by atoms with Crippen LogP contribution in [0, 0.1) is 0 Å². The Balaban J connectivity index is 1.95. The number of aryl methyl sites for hydroxylation is 1. The number of ether oxygens (including phenoxy) is 1. The van der Waals surface area contributed by atoms with Gasteiger partial charge >= 0.3 is 0 Å². The molecule has 22 heavy (non-hydrogen) atoms. The number of carbonyl (C=O) groups excluding carboxylic acids is 1. The van der Waals surface area contributed by atoms with Crippen LogP contribution < -0.4 is 4.74 Å². The molecule has 0 N–H and O–H groups in total. The number of methoxy groups -OCH3 is 1. The summed E-state index contributed by atoms with van der Waals surface area (Å²) in [6.45, 7) is 0. The third-order valence-corrected chi connectivity index (χ3v) is 4.54. The Morgan fingerprint density at radius 3 is 2.59 bits per heavy atom. The molecule has 0 fully saturated rings. The summed E-state index contributed by atoms with van der Waals surface area (Å²) in [5, 5.41) is 1.00. The molecule has 2 aromatic carbocycles. The average molecular weight is 333 g/mol. The van der Waals surface area contributed by atoms with Crippen molar-refractivity contribution in [1.29, 1.82) is 0 Å². The first kappa shape index (κ1) is 15.1. The Bertz CT molecular complexity index is 779. The summed E-state index contributed by atoms with van der Waals surface area (Å²) in [6.07, 6.45) is 3.42. The lowest BCUT2D eigenvalue weighted by Crippen LogP contribution is -2.14. The van der Waals surface area contributed by atoms with Crippen LogP contribution in [0.3, 0.4) is 0 Å². The second kappa shape index (κ2) is 6.15. The molecule has 0 heterocycles. The number of Topliss-reactive ketones (excluding diaryl/α,β-unsaturated/α-hetero) is 1. The van der Waals surface area contributed by atoms with Crippen molar-refractivity contribution in [2.75, 3.05) is 7.11 Å². The molecule has 0 atom stereocenters. The molecule has 1 aliphatic carbocycles. The number of benzene rings is 2. The Morgan fingerprint density at radius 1 is 1.05 bits per heavy atom. The van der Waals surface area contributed by atoms with E-state index in [2.05, 4.69) is 0 Å². The van der Waals surface area contributed by atoms with Gasteiger partial charge in [0.25, 0.3) is 0 Å². The number of fused-ring (bicyclic) bond motifs is 1. The van der Waals surface area contributed by atoms with Crippen LogP contribution in [0.5, 0.6) is 5.75 Å². The van der Waals surface area contributed by atoms with Crippen molar-refractivity contribution in [3.63, 3.8) is 0 Å². The first-order valence-corrected chi connectivity index (χ1v) is 7.71. The number of rotatable bonds is 2. The van der Waals surface area contributed by atoms with Gasteiger partial charge in [0.05, 0.1) is 17.2 Å². The predicted octanol–water partition coefficient (Wildman–Crippen LogP) is 5.21. The third kappa shape index (κ3) is 2.90. The van der Waals surface area contributed by atoms with E-state index in [0.717, 1.165) is 34.4 Å². The van der Waals surface area contributed by atoms with Crippen LogP contribution >= 0.6 is 23.2 Å². The molecular formula is C18H14Cl2O2. The highest BCUT2D eigenvalue weighted by atomic mass is 35.5. The van der Waals surface area contributed by atoms with Crippen LogP contribution in [-0.2, 0) is 6.42 Å². The van der Waals surface area contributed by atoms with Crippen molar-refractivity contribution in [3.8, 4) is 5.75 Å². The second-order valence-electron chi connectivity index (χ2n) is 5.20. The number of carbonyl (C=O) groups is 1. The van der Waals surface area contributed by atoms with Crippen molar-refractivity contribution < 1.29 is 9.53 Å². The topological polar surface area (TPSA) is 26.3 Å². The van der Waals surface area contributed by atoms with E-state index in [1.807, 2.05) is 30.3 Å². The molecule has 3 rings (SSSR count). The number of halogens is 2. The van der Waals surface area contributed by atoms with Gasteiger partial charge in [0.15, 0.2) is 5.78 Å². The zero-order valence-electron chi connectivity index (χ0n) is 12.0. The van der Waals surface area contributed by atoms with Crippen LogP contribution in [0.4, 0.5) is 0 Å². The lowest BCUT2D eigenvalue weighted by molar-refractivity contribution is 0.102. The van der Waals surface area contributed by atoms with Crippen LogP contribution in [0.2, 0.25) is 10.0 Å². The normalized spacial score (nSPS) is 15.8. The lowest BCUT2D eigenvalue weighted by Gasteiger charge is -2.18. The van der Waals surface area contributed by atoms with Gasteiger partial charge in [-0.05, 0) is 60.4 Å². The number of allylic oxidation sites excluding steroid dienone is 1. The van der Waals surface area contributed by atoms with Crippen molar-refractivity contribution >= 4 is 35.1 Å². The summed E-state index contributed by atoms with van der Waals surface area (Å²) in [6, 6.07) is 11.0. The van der Waals surface area contributed by atoms with Gasteiger partial charge in [-0.15, -0.1) is 0 Å². The Labute approximate surface area is 139 Å². The van der Waals surface area contributed by atoms with E-state index in [9.17, 15) is 4.79 Å². The van der Waals surface area contributed by atoms with Gasteiger partial charge in [-0.25, -0.2) is 0 Å². The summed E-state index contributed by atoms with van der Waals surface area (Å²) in [5.74, 6) is 0.846. The van der Waals surface area contributed by atoms with E-state index in [1.165, 1.54) is 0 Å². The smallest absolute Gasteiger partial charge is 0.189 e. The van der Waals surface area contributed by atoms with E-state index in [0.29, 0.717) is 16.5 Å². The highest BCUT2D eigenvalue weighted by Gasteiger charge is 2.22. The largest absolute Gasteiger partial charge is 0.497 e. The van der Waals surface area contributed by atoms with Gasteiger partial charge in [0.2, 0.25) is 0 Å². The lowest BCUT2D eigenvalue weighted by atomic mass is 9.86. The van der Waals surface area contributed by atoms with Gasteiger partial charge < -0.3 is 4.74 Å². The molecule has 0 unspecified atom stereocenters. The van der Waals surface area contributed by atoms with Crippen molar-refractivity contribution in [2.45, 2.75) is 12.8 Å². The van der Waals surface area contributed by atoms with Gasteiger partial charge in [-0.2, -0.15) is 0 Å². The standard InChI is InChI=1S/C18H14Cl2O2/c1-22-14-5-6-15-12(10-14)3-4-13(18(15)21)8-11-2-7-16(19)17(20)9-11/h2,5-10H,3-4H2,1H3/b13-8-. The average Bonchev–Trinajstić information content (AvgIpc) is 2.53. The molecule has 2 nitrogen and oxygen atoms in total. The van der Waals surface area contributed by atoms with Crippen molar-refractivity contribution in [2.24, 2.45) is 0 Å². The molecule has 112 valence electrons. The third-order valence-electron chi connectivity index (χ3n) is 3.80. The maximum atomic E-state index is 12.6. The number of ketones is 1. The first-order valence-electron chi connectivity index (χ1n) is 6.95. The van der Waals surface area contributed by atoms with E-state index in [1.54, 1.807) is 19.2 Å². The van der Waals surface area contributed by atoms with Gasteiger partial charge in [-0.3, -0.25) is 4.79 Å². The van der Waals surface area contributed by atoms with Crippen LogP contribution in [-0.4, -0.2) is 12.9 Å². The molecule has 0 bridgehead atoms. The molecule has 4 heteroatoms. The van der Waals surface area contributed by atoms with Crippen LogP contribution in [0.15, 0.2) is 42.0 Å². The molecule has 0 aliphatic heterocycles. The minimum Gasteiger partial charge on any atom is -0.497 e. The predicted molar refractivity (Wildman–Crippen MR) is 90.1 cm³/mol. The minimum atomic E-state index is 0.0648. The van der Waals surface area contributed by atoms with E-state index >= 15 is 0 Å². The highest BCUT2D eigenvalue weighted by Crippen LogP contribution is 2.30. The Kier molecular flexibility index (Phi) is 4.23. The summed E-state index contributed by atoms with van der Waals surface area (Å²) in [4.78, 5) is 12.6. The zero-order valence-corrected chi connectivity index (χ0v) is 13.5. The van der Waals surface area contributed by atoms with E-state index in [-0.39, 0.29) is 5.78 Å². The second-order valence-corrected chi connectivity index (χ2v) is 6.01. The monoisotopic (exact) mass is 332 g/mol. The molecular weight excluding hydrogens is 319 g/mol. The van der Waals surface area contributed by atoms with E-state index in [4.69, 9.17) is 27.9 Å². The number of hydrogen-bond acceptors (Lipinski definition) is 2. The van der Waals surface area contributed by atoms with E-state index < -0.39 is 0 Å². The molecule has 0 spiro atoms. The van der Waals surface area contributed by atoms with Crippen LogP contribution in [0.25, 0.3) is 6.08 Å². The summed E-state index contributed by atoms with van der Waals surface area (Å²) >= 11 is 11.9. The number of hydrogen-bond donors (Lipinski definition) is 0. The van der Waals surface area contributed by atoms with Gasteiger partial charge in [0.1, 0.15) is 5.75 Å². The quantitative estimate of drug-likeness (QED) is 0.705. The Morgan fingerprint density at radius 2 is 1.86 bits per heavy atom. The fourth-order valence-electron chi connectivity index (χ4n) is 2.62. The fraction of sp³-hybridized carbons (Fsp3) is 0.167. The summed E-state index contributed by atoms with van der Waals surface area (Å²) in [7, 11) is 1.63. The minimum absolute atomic E-state index is 0.0648. The molecule has 0 saturated carbocycles. The molecule has 0 saturated heterocycles. The molecule has 0 aromatic heterocycles. The van der Waals surface area contributed by atoms with Crippen molar-refractivity contribution in [1.82, 2.24) is 0 Å². The Hall–Kier alpha value is -1.77.